The van der Waals surface area contributed by atoms with E-state index in [1.165, 1.54) is 38.3 Å². The summed E-state index contributed by atoms with van der Waals surface area (Å²) < 4.78 is 30.3. The third-order valence-corrected chi connectivity index (χ3v) is 6.01. The van der Waals surface area contributed by atoms with Gasteiger partial charge in [0, 0.05) is 5.39 Å². The van der Waals surface area contributed by atoms with Crippen molar-refractivity contribution < 1.29 is 33.2 Å². The number of fused-ring (bicyclic) bond motifs is 1. The van der Waals surface area contributed by atoms with Crippen molar-refractivity contribution in [3.05, 3.63) is 66.7 Å². The van der Waals surface area contributed by atoms with Crippen LogP contribution in [0.1, 0.15) is 13.8 Å². The summed E-state index contributed by atoms with van der Waals surface area (Å²) in [5, 5.41) is 14.4. The van der Waals surface area contributed by atoms with Gasteiger partial charge in [0.15, 0.2) is 0 Å². The van der Waals surface area contributed by atoms with Crippen LogP contribution in [0, 0.1) is 0 Å². The largest absolute Gasteiger partial charge is 0.513 e. The minimum absolute atomic E-state index is 0.179. The second-order valence-electron chi connectivity index (χ2n) is 6.71. The molecule has 0 aromatic heterocycles. The zero-order valence-corrected chi connectivity index (χ0v) is 18.8. The Hall–Kier alpha value is -3.10. The highest BCUT2D eigenvalue weighted by atomic mass is 31.2. The summed E-state index contributed by atoms with van der Waals surface area (Å²) in [4.78, 5) is 16.8. The van der Waals surface area contributed by atoms with Gasteiger partial charge in [0.05, 0.1) is 19.4 Å². The quantitative estimate of drug-likeness (QED) is 0.253. The van der Waals surface area contributed by atoms with Crippen LogP contribution in [0.15, 0.2) is 66.7 Å². The van der Waals surface area contributed by atoms with Crippen LogP contribution in [0.2, 0.25) is 0 Å². The van der Waals surface area contributed by atoms with Crippen molar-refractivity contribution in [2.75, 3.05) is 18.9 Å². The molecular formula is C22H25N2O7P. The normalized spacial score (nSPS) is 13.8. The van der Waals surface area contributed by atoms with E-state index < -0.39 is 19.8 Å². The van der Waals surface area contributed by atoms with Crippen molar-refractivity contribution in [2.45, 2.75) is 19.9 Å². The number of ether oxygens (including phenoxy) is 1. The molecule has 0 aliphatic heterocycles. The van der Waals surface area contributed by atoms with Gasteiger partial charge < -0.3 is 13.8 Å². The molecule has 2 unspecified atom stereocenters. The Bertz CT molecular complexity index is 1100. The van der Waals surface area contributed by atoms with Gasteiger partial charge in [0.25, 0.3) is 0 Å². The Morgan fingerprint density at radius 3 is 2.44 bits per heavy atom. The van der Waals surface area contributed by atoms with Crippen LogP contribution in [-0.4, -0.2) is 30.9 Å². The molecule has 170 valence electrons. The van der Waals surface area contributed by atoms with Gasteiger partial charge in [-0.05, 0) is 49.6 Å². The van der Waals surface area contributed by atoms with E-state index in [-0.39, 0.29) is 12.4 Å². The average molecular weight is 460 g/mol. The predicted molar refractivity (Wildman–Crippen MR) is 120 cm³/mol. The summed E-state index contributed by atoms with van der Waals surface area (Å²) in [6.45, 7) is 3.37. The molecule has 10 heteroatoms. The number of carbonyl (C=O) groups excluding carboxylic acids is 1. The minimum Gasteiger partial charge on any atom is -0.465 e. The fourth-order valence-electron chi connectivity index (χ4n) is 2.91. The molecule has 3 aromatic rings. The van der Waals surface area contributed by atoms with Crippen molar-refractivity contribution in [2.24, 2.45) is 0 Å². The van der Waals surface area contributed by atoms with E-state index in [9.17, 15) is 14.6 Å². The molecule has 0 radical (unpaired) electrons. The number of benzene rings is 3. The molecule has 0 aliphatic carbocycles. The van der Waals surface area contributed by atoms with Gasteiger partial charge in [-0.25, -0.2) is 4.57 Å². The van der Waals surface area contributed by atoms with Gasteiger partial charge in [0.1, 0.15) is 17.5 Å². The van der Waals surface area contributed by atoms with Gasteiger partial charge in [-0.1, -0.05) is 36.4 Å². The van der Waals surface area contributed by atoms with E-state index in [0.29, 0.717) is 16.7 Å². The molecule has 3 rings (SSSR count). The molecule has 0 saturated carbocycles. The van der Waals surface area contributed by atoms with Crippen LogP contribution in [0.25, 0.3) is 10.8 Å². The molecule has 0 fully saturated rings. The number of rotatable bonds is 10. The number of esters is 1. The summed E-state index contributed by atoms with van der Waals surface area (Å²) in [6, 6.07) is 17.8. The lowest BCUT2D eigenvalue weighted by molar-refractivity contribution is -0.144. The highest BCUT2D eigenvalue weighted by Crippen LogP contribution is 2.47. The summed E-state index contributed by atoms with van der Waals surface area (Å²) in [5.41, 5.74) is 0.331. The number of nitrogens with zero attached hydrogens (tertiary/aromatic N) is 1. The second kappa shape index (κ2) is 10.5. The molecule has 32 heavy (non-hydrogen) atoms. The van der Waals surface area contributed by atoms with Gasteiger partial charge in [-0.3, -0.25) is 14.8 Å². The monoisotopic (exact) mass is 460 g/mol. The van der Waals surface area contributed by atoms with Gasteiger partial charge in [0.2, 0.25) is 0 Å². The third-order valence-electron chi connectivity index (χ3n) is 4.42. The molecule has 0 bridgehead atoms. The molecule has 0 amide bonds. The van der Waals surface area contributed by atoms with Crippen LogP contribution in [0.3, 0.4) is 0 Å². The molecule has 2 atom stereocenters. The van der Waals surface area contributed by atoms with Crippen molar-refractivity contribution in [1.82, 2.24) is 5.09 Å². The van der Waals surface area contributed by atoms with Crippen molar-refractivity contribution >= 4 is 30.2 Å². The Balaban J connectivity index is 1.91. The standard InChI is InChI=1S/C22H25N2O7P/c1-4-29-22(25)16(2)23-32(27,30-19-14-12-18(13-15-19)24(26)28-3)31-21-11-7-9-17-8-5-6-10-20(17)21/h5-16,26H,4H2,1-3H3,(H,23,27). The van der Waals surface area contributed by atoms with Crippen molar-refractivity contribution in [3.63, 3.8) is 0 Å². The zero-order valence-electron chi connectivity index (χ0n) is 17.9. The lowest BCUT2D eigenvalue weighted by Crippen LogP contribution is -2.35. The van der Waals surface area contributed by atoms with Gasteiger partial charge in [-0.15, -0.1) is 5.23 Å². The maximum Gasteiger partial charge on any atom is 0.513 e. The number of hydrogen-bond acceptors (Lipinski definition) is 8. The first-order valence-corrected chi connectivity index (χ1v) is 11.4. The van der Waals surface area contributed by atoms with Crippen LogP contribution in [0.5, 0.6) is 11.5 Å². The van der Waals surface area contributed by atoms with Crippen LogP contribution in [-0.2, 0) is 18.9 Å². The van der Waals surface area contributed by atoms with Crippen LogP contribution in [0.4, 0.5) is 5.69 Å². The second-order valence-corrected chi connectivity index (χ2v) is 8.33. The molecule has 0 spiro atoms. The van der Waals surface area contributed by atoms with Crippen LogP contribution >= 0.6 is 7.75 Å². The molecule has 0 aliphatic rings. The van der Waals surface area contributed by atoms with E-state index in [1.807, 2.05) is 30.3 Å². The first kappa shape index (κ1) is 23.6. The molecule has 9 nitrogen and oxygen atoms in total. The molecule has 0 saturated heterocycles. The highest BCUT2D eigenvalue weighted by Gasteiger charge is 2.34. The topological polar surface area (TPSA) is 107 Å². The SMILES string of the molecule is CCOC(=O)C(C)NP(=O)(Oc1ccc(N(O)OC)cc1)Oc1cccc2ccccc12. The van der Waals surface area contributed by atoms with Gasteiger partial charge >= 0.3 is 13.7 Å². The number of anilines is 1. The van der Waals surface area contributed by atoms with Crippen LogP contribution < -0.4 is 19.4 Å². The Morgan fingerprint density at radius 2 is 1.75 bits per heavy atom. The Morgan fingerprint density at radius 1 is 1.06 bits per heavy atom. The fraction of sp³-hybridized carbons (Fsp3) is 0.227. The summed E-state index contributed by atoms with van der Waals surface area (Å²) in [5.74, 6) is -0.0814. The Kier molecular flexibility index (Phi) is 7.71. The average Bonchev–Trinajstić information content (AvgIpc) is 2.79. The molecule has 3 aromatic carbocycles. The van der Waals surface area contributed by atoms with Crippen molar-refractivity contribution in [1.29, 1.82) is 0 Å². The maximum absolute atomic E-state index is 13.7. The van der Waals surface area contributed by atoms with E-state index in [0.717, 1.165) is 10.8 Å². The smallest absolute Gasteiger partial charge is 0.465 e. The Labute approximate surface area is 186 Å². The summed E-state index contributed by atoms with van der Waals surface area (Å²) in [6.07, 6.45) is 0. The third kappa shape index (κ3) is 5.77. The predicted octanol–water partition coefficient (Wildman–Crippen LogP) is 4.70. The minimum atomic E-state index is -4.11. The van der Waals surface area contributed by atoms with E-state index in [1.54, 1.807) is 19.1 Å². The molecule has 2 N–H and O–H groups in total. The number of nitrogens with one attached hydrogen (secondary N) is 1. The first-order chi connectivity index (χ1) is 15.3. The van der Waals surface area contributed by atoms with E-state index in [2.05, 4.69) is 5.09 Å². The lowest BCUT2D eigenvalue weighted by Gasteiger charge is -2.24. The highest BCUT2D eigenvalue weighted by molar-refractivity contribution is 7.52. The van der Waals surface area contributed by atoms with Crippen molar-refractivity contribution in [3.8, 4) is 11.5 Å². The molecular weight excluding hydrogens is 435 g/mol. The summed E-state index contributed by atoms with van der Waals surface area (Å²) in [7, 11) is -2.80. The number of carbonyl (C=O) groups is 1. The van der Waals surface area contributed by atoms with Gasteiger partial charge in [-0.2, -0.15) is 5.09 Å². The maximum atomic E-state index is 13.7. The summed E-state index contributed by atoms with van der Waals surface area (Å²) >= 11 is 0. The zero-order chi connectivity index (χ0) is 23.1. The first-order valence-electron chi connectivity index (χ1n) is 9.90. The van der Waals surface area contributed by atoms with E-state index in [4.69, 9.17) is 18.6 Å². The lowest BCUT2D eigenvalue weighted by atomic mass is 10.1. The molecule has 0 heterocycles. The van der Waals surface area contributed by atoms with E-state index >= 15 is 0 Å². The fourth-order valence-corrected chi connectivity index (χ4v) is 4.45. The number of hydrogen-bond donors (Lipinski definition) is 2.